The monoisotopic (exact) mass is 381 g/mol. The standard InChI is InChI=1S/C24H19N3O2/c1-3-22(29)26-16-9-13(2)8-15(10-16)20-11-18-14(12-25-20)4-5-17-23-19(27-24(17)18)6-7-21(23)28/h3-5,8-10,12H,1,6-7,11H2,2H3,(H,26,29). The minimum Gasteiger partial charge on any atom is -0.322 e. The van der Waals surface area contributed by atoms with Crippen LogP contribution >= 0.6 is 0 Å². The van der Waals surface area contributed by atoms with Crippen LogP contribution in [0, 0.1) is 6.92 Å². The molecule has 1 saturated carbocycles. The molecule has 5 nitrogen and oxygen atoms in total. The van der Waals surface area contributed by atoms with E-state index in [1.165, 1.54) is 6.08 Å². The van der Waals surface area contributed by atoms with Gasteiger partial charge in [-0.25, -0.2) is 0 Å². The SMILES string of the molecule is C=CC(=O)Nc1cc(C)cc(C2=NC=c3ccc4c(c3C2)N=C2CCC(=O)C=42)c1. The maximum Gasteiger partial charge on any atom is 0.247 e. The van der Waals surface area contributed by atoms with Gasteiger partial charge in [0.15, 0.2) is 5.78 Å². The number of fused-ring (bicyclic) bond motifs is 4. The molecule has 2 aliphatic heterocycles. The van der Waals surface area contributed by atoms with Crippen molar-refractivity contribution in [3.8, 4) is 0 Å². The number of amides is 1. The van der Waals surface area contributed by atoms with Gasteiger partial charge in [-0.15, -0.1) is 0 Å². The Labute approximate surface area is 167 Å². The van der Waals surface area contributed by atoms with Crippen LogP contribution in [0.1, 0.15) is 29.5 Å². The highest BCUT2D eigenvalue weighted by Crippen LogP contribution is 2.30. The first-order chi connectivity index (χ1) is 14.0. The van der Waals surface area contributed by atoms with E-state index in [2.05, 4.69) is 23.0 Å². The second kappa shape index (κ2) is 6.48. The van der Waals surface area contributed by atoms with Crippen LogP contribution in [-0.4, -0.2) is 23.1 Å². The summed E-state index contributed by atoms with van der Waals surface area (Å²) in [6.45, 7) is 5.49. The molecule has 142 valence electrons. The van der Waals surface area contributed by atoms with Crippen LogP contribution in [0.3, 0.4) is 0 Å². The van der Waals surface area contributed by atoms with Gasteiger partial charge < -0.3 is 5.32 Å². The number of anilines is 1. The van der Waals surface area contributed by atoms with Crippen molar-refractivity contribution in [3.05, 3.63) is 70.1 Å². The Morgan fingerprint density at radius 2 is 2.03 bits per heavy atom. The number of nitrogens with one attached hydrogen (secondary N) is 1. The van der Waals surface area contributed by atoms with E-state index in [4.69, 9.17) is 4.99 Å². The summed E-state index contributed by atoms with van der Waals surface area (Å²) in [5.74, 6) is -0.0525. The smallest absolute Gasteiger partial charge is 0.247 e. The molecule has 5 heteroatoms. The predicted molar refractivity (Wildman–Crippen MR) is 115 cm³/mol. The highest BCUT2D eigenvalue weighted by atomic mass is 16.1. The molecule has 5 rings (SSSR count). The topological polar surface area (TPSA) is 70.9 Å². The molecule has 2 aromatic carbocycles. The number of nitrogens with zero attached hydrogens (tertiary/aromatic N) is 2. The van der Waals surface area contributed by atoms with E-state index in [0.717, 1.165) is 56.2 Å². The van der Waals surface area contributed by atoms with Gasteiger partial charge in [-0.3, -0.25) is 19.6 Å². The van der Waals surface area contributed by atoms with Crippen molar-refractivity contribution in [2.24, 2.45) is 9.98 Å². The van der Waals surface area contributed by atoms with Crippen molar-refractivity contribution >= 4 is 46.3 Å². The van der Waals surface area contributed by atoms with Crippen LogP contribution in [0.5, 0.6) is 0 Å². The van der Waals surface area contributed by atoms with Crippen molar-refractivity contribution in [1.82, 2.24) is 0 Å². The Morgan fingerprint density at radius 1 is 1.17 bits per heavy atom. The molecule has 3 aliphatic rings. The zero-order chi connectivity index (χ0) is 20.1. The van der Waals surface area contributed by atoms with Crippen molar-refractivity contribution in [2.45, 2.75) is 26.2 Å². The van der Waals surface area contributed by atoms with Gasteiger partial charge in [0.05, 0.1) is 17.1 Å². The third kappa shape index (κ3) is 2.86. The zero-order valence-corrected chi connectivity index (χ0v) is 16.1. The van der Waals surface area contributed by atoms with E-state index in [1.54, 1.807) is 0 Å². The van der Waals surface area contributed by atoms with Crippen molar-refractivity contribution in [2.75, 3.05) is 5.32 Å². The van der Waals surface area contributed by atoms with E-state index in [9.17, 15) is 9.59 Å². The fraction of sp³-hybridized carbons (Fsp3) is 0.167. The summed E-state index contributed by atoms with van der Waals surface area (Å²) < 4.78 is 0. The molecule has 2 aromatic rings. The molecule has 29 heavy (non-hydrogen) atoms. The highest BCUT2D eigenvalue weighted by Gasteiger charge is 2.31. The quantitative estimate of drug-likeness (QED) is 0.830. The molecule has 0 aromatic heterocycles. The molecule has 1 fully saturated rings. The van der Waals surface area contributed by atoms with E-state index < -0.39 is 0 Å². The second-order valence-corrected chi connectivity index (χ2v) is 7.55. The van der Waals surface area contributed by atoms with E-state index >= 15 is 0 Å². The first-order valence-electron chi connectivity index (χ1n) is 9.63. The molecule has 2 heterocycles. The highest BCUT2D eigenvalue weighted by molar-refractivity contribution is 6.48. The lowest BCUT2D eigenvalue weighted by molar-refractivity contribution is -0.113. The third-order valence-corrected chi connectivity index (χ3v) is 5.56. The van der Waals surface area contributed by atoms with Crippen LogP contribution in [0.4, 0.5) is 11.4 Å². The largest absolute Gasteiger partial charge is 0.322 e. The lowest BCUT2D eigenvalue weighted by atomic mass is 9.95. The van der Waals surface area contributed by atoms with Gasteiger partial charge in [0.2, 0.25) is 5.91 Å². The summed E-state index contributed by atoms with van der Waals surface area (Å²) in [5, 5.41) is 4.82. The van der Waals surface area contributed by atoms with Gasteiger partial charge in [0.1, 0.15) is 0 Å². The Bertz CT molecular complexity index is 1310. The van der Waals surface area contributed by atoms with E-state index in [1.807, 2.05) is 37.4 Å². The average molecular weight is 381 g/mol. The van der Waals surface area contributed by atoms with E-state index in [-0.39, 0.29) is 11.7 Å². The molecule has 1 N–H and O–H groups in total. The maximum absolute atomic E-state index is 12.3. The summed E-state index contributed by atoms with van der Waals surface area (Å²) in [4.78, 5) is 33.4. The first kappa shape index (κ1) is 17.5. The summed E-state index contributed by atoms with van der Waals surface area (Å²) in [7, 11) is 0. The van der Waals surface area contributed by atoms with Gasteiger partial charge in [-0.2, -0.15) is 0 Å². The number of hydrogen-bond donors (Lipinski definition) is 1. The first-order valence-corrected chi connectivity index (χ1v) is 9.63. The second-order valence-electron chi connectivity index (χ2n) is 7.55. The number of benzene rings is 2. The lowest BCUT2D eigenvalue weighted by Gasteiger charge is -2.15. The van der Waals surface area contributed by atoms with Crippen LogP contribution in [0.15, 0.2) is 53.0 Å². The summed E-state index contributed by atoms with van der Waals surface area (Å²) in [6.07, 6.45) is 5.03. The predicted octanol–water partition coefficient (Wildman–Crippen LogP) is 2.50. The number of aliphatic imine (C=N–C) groups is 2. The van der Waals surface area contributed by atoms with Gasteiger partial charge in [-0.05, 0) is 53.5 Å². The minimum absolute atomic E-state index is 0.192. The molecular formula is C24H19N3O2. The number of hydrogen-bond acceptors (Lipinski definition) is 4. The number of rotatable bonds is 3. The Kier molecular flexibility index (Phi) is 3.91. The van der Waals surface area contributed by atoms with Crippen LogP contribution < -0.4 is 15.8 Å². The zero-order valence-electron chi connectivity index (χ0n) is 16.1. The Balaban J connectivity index is 1.58. The maximum atomic E-state index is 12.3. The van der Waals surface area contributed by atoms with E-state index in [0.29, 0.717) is 18.5 Å². The summed E-state index contributed by atoms with van der Waals surface area (Å²) in [6, 6.07) is 9.92. The molecule has 0 spiro atoms. The molecule has 0 unspecified atom stereocenters. The van der Waals surface area contributed by atoms with Gasteiger partial charge in [-0.1, -0.05) is 24.8 Å². The summed E-state index contributed by atoms with van der Waals surface area (Å²) >= 11 is 0. The fourth-order valence-corrected chi connectivity index (χ4v) is 4.24. The average Bonchev–Trinajstić information content (AvgIpc) is 3.27. The molecule has 0 atom stereocenters. The molecule has 0 radical (unpaired) electrons. The van der Waals surface area contributed by atoms with Crippen LogP contribution in [0.2, 0.25) is 0 Å². The number of carbonyl (C=O) groups is 2. The number of aryl methyl sites for hydroxylation is 1. The van der Waals surface area contributed by atoms with Crippen molar-refractivity contribution in [3.63, 3.8) is 0 Å². The molecule has 1 amide bonds. The van der Waals surface area contributed by atoms with Gasteiger partial charge >= 0.3 is 0 Å². The molecule has 1 aliphatic carbocycles. The Hall–Kier alpha value is -3.60. The lowest BCUT2D eigenvalue weighted by Crippen LogP contribution is -2.23. The molecule has 0 bridgehead atoms. The third-order valence-electron chi connectivity index (χ3n) is 5.56. The van der Waals surface area contributed by atoms with Crippen LogP contribution in [-0.2, 0) is 16.0 Å². The Morgan fingerprint density at radius 3 is 2.86 bits per heavy atom. The molecular weight excluding hydrogens is 362 g/mol. The number of ketones is 1. The van der Waals surface area contributed by atoms with Crippen LogP contribution in [0.25, 0.3) is 11.8 Å². The number of Topliss-reactive ketones (excluding diaryl/α,β-unsaturated/α-hetero) is 1. The fourth-order valence-electron chi connectivity index (χ4n) is 4.24. The minimum atomic E-state index is -0.245. The molecule has 0 saturated heterocycles. The normalized spacial score (nSPS) is 16.3. The van der Waals surface area contributed by atoms with Crippen molar-refractivity contribution < 1.29 is 9.59 Å². The van der Waals surface area contributed by atoms with Gasteiger partial charge in [0, 0.05) is 35.5 Å². The van der Waals surface area contributed by atoms with Crippen molar-refractivity contribution in [1.29, 1.82) is 0 Å². The van der Waals surface area contributed by atoms with Gasteiger partial charge in [0.25, 0.3) is 0 Å². The number of carbonyl (C=O) groups excluding carboxylic acids is 2. The summed E-state index contributed by atoms with van der Waals surface area (Å²) in [5.41, 5.74) is 7.36.